The van der Waals surface area contributed by atoms with Crippen molar-refractivity contribution in [2.75, 3.05) is 32.8 Å². The minimum absolute atomic E-state index is 0.120. The number of hydrogen-bond acceptors (Lipinski definition) is 4. The predicted molar refractivity (Wildman–Crippen MR) is 83.6 cm³/mol. The average molecular weight is 306 g/mol. The van der Waals surface area contributed by atoms with Gasteiger partial charge in [0.15, 0.2) is 0 Å². The van der Waals surface area contributed by atoms with Crippen LogP contribution in [0.2, 0.25) is 0 Å². The second-order valence-electron chi connectivity index (χ2n) is 6.42. The first kappa shape index (κ1) is 15.5. The number of rotatable bonds is 4. The highest BCUT2D eigenvalue weighted by Gasteiger charge is 2.37. The van der Waals surface area contributed by atoms with E-state index in [9.17, 15) is 4.79 Å². The van der Waals surface area contributed by atoms with Crippen LogP contribution in [0.1, 0.15) is 31.5 Å². The lowest BCUT2D eigenvalue weighted by Crippen LogP contribution is -2.51. The smallest absolute Gasteiger partial charge is 0.222 e. The van der Waals surface area contributed by atoms with Gasteiger partial charge < -0.3 is 19.5 Å². The van der Waals surface area contributed by atoms with E-state index in [1.807, 2.05) is 19.3 Å². The highest BCUT2D eigenvalue weighted by Crippen LogP contribution is 2.27. The number of amides is 1. The van der Waals surface area contributed by atoms with Crippen molar-refractivity contribution in [3.63, 3.8) is 0 Å². The number of carbonyl (C=O) groups is 1. The normalized spacial score (nSPS) is 22.5. The van der Waals surface area contributed by atoms with Crippen molar-refractivity contribution in [1.29, 1.82) is 0 Å². The lowest BCUT2D eigenvalue weighted by Gasteiger charge is -2.40. The third kappa shape index (κ3) is 3.67. The minimum Gasteiger partial charge on any atom is -0.373 e. The molecular weight excluding hydrogens is 280 g/mol. The monoisotopic (exact) mass is 306 g/mol. The fourth-order valence-electron chi connectivity index (χ4n) is 3.37. The van der Waals surface area contributed by atoms with E-state index in [1.54, 1.807) is 0 Å². The molecule has 0 aliphatic carbocycles. The first-order chi connectivity index (χ1) is 10.7. The van der Waals surface area contributed by atoms with Gasteiger partial charge in [-0.1, -0.05) is 0 Å². The molecule has 0 aromatic carbocycles. The summed E-state index contributed by atoms with van der Waals surface area (Å²) in [7, 11) is 0. The zero-order valence-corrected chi connectivity index (χ0v) is 13.4. The Morgan fingerprint density at radius 1 is 1.36 bits per heavy atom. The van der Waals surface area contributed by atoms with E-state index < -0.39 is 0 Å². The van der Waals surface area contributed by atoms with E-state index in [2.05, 4.69) is 19.8 Å². The Labute approximate surface area is 131 Å². The third-order valence-corrected chi connectivity index (χ3v) is 4.91. The Morgan fingerprint density at radius 3 is 2.91 bits per heavy atom. The van der Waals surface area contributed by atoms with Crippen LogP contribution < -0.4 is 5.32 Å². The van der Waals surface area contributed by atoms with Crippen LogP contribution in [0.15, 0.2) is 12.4 Å². The quantitative estimate of drug-likeness (QED) is 0.900. The Bertz CT molecular complexity index is 506. The van der Waals surface area contributed by atoms with Gasteiger partial charge in [-0.15, -0.1) is 0 Å². The van der Waals surface area contributed by atoms with Crippen LogP contribution >= 0.6 is 0 Å². The van der Waals surface area contributed by atoms with Gasteiger partial charge in [-0.3, -0.25) is 4.79 Å². The summed E-state index contributed by atoms with van der Waals surface area (Å²) in [4.78, 5) is 18.2. The molecular formula is C16H26N4O2. The topological polar surface area (TPSA) is 59.4 Å². The van der Waals surface area contributed by atoms with Gasteiger partial charge in [0.2, 0.25) is 5.91 Å². The average Bonchev–Trinajstić information content (AvgIpc) is 2.84. The van der Waals surface area contributed by atoms with Crippen molar-refractivity contribution < 1.29 is 9.53 Å². The molecule has 1 amide bonds. The van der Waals surface area contributed by atoms with Crippen LogP contribution in [0.4, 0.5) is 0 Å². The summed E-state index contributed by atoms with van der Waals surface area (Å²) >= 11 is 0. The first-order valence-corrected chi connectivity index (χ1v) is 8.28. The van der Waals surface area contributed by atoms with Gasteiger partial charge >= 0.3 is 0 Å². The number of carbonyl (C=O) groups excluding carboxylic acids is 1. The standard InChI is InChI=1S/C16H26N4O2/c1-14-17-6-11-20(14)8-2-7-19-9-4-16(5-10-19)13-18-15(21)3-12-22-16/h6,11H,2-5,7-10,12-13H2,1H3,(H,18,21). The van der Waals surface area contributed by atoms with Crippen LogP contribution in [0.5, 0.6) is 0 Å². The maximum atomic E-state index is 11.4. The van der Waals surface area contributed by atoms with E-state index in [0.29, 0.717) is 19.6 Å². The molecule has 0 bridgehead atoms. The fraction of sp³-hybridized carbons (Fsp3) is 0.750. The van der Waals surface area contributed by atoms with E-state index in [4.69, 9.17) is 4.74 Å². The van der Waals surface area contributed by atoms with Crippen molar-refractivity contribution in [3.8, 4) is 0 Å². The second kappa shape index (κ2) is 6.79. The first-order valence-electron chi connectivity index (χ1n) is 8.28. The maximum absolute atomic E-state index is 11.4. The van der Waals surface area contributed by atoms with E-state index in [1.165, 1.54) is 0 Å². The predicted octanol–water partition coefficient (Wildman–Crippen LogP) is 0.953. The molecule has 1 aromatic rings. The summed E-state index contributed by atoms with van der Waals surface area (Å²) in [6.07, 6.45) is 7.56. The van der Waals surface area contributed by atoms with Gasteiger partial charge in [0.1, 0.15) is 5.82 Å². The number of hydrogen-bond donors (Lipinski definition) is 1. The number of imidazole rings is 1. The number of nitrogens with one attached hydrogen (secondary N) is 1. The molecule has 122 valence electrons. The van der Waals surface area contributed by atoms with Crippen molar-refractivity contribution in [1.82, 2.24) is 19.8 Å². The zero-order chi connectivity index (χ0) is 15.4. The largest absolute Gasteiger partial charge is 0.373 e. The second-order valence-corrected chi connectivity index (χ2v) is 6.42. The van der Waals surface area contributed by atoms with Crippen molar-refractivity contribution in [2.24, 2.45) is 0 Å². The van der Waals surface area contributed by atoms with E-state index in [0.717, 1.165) is 51.3 Å². The number of nitrogens with zero attached hydrogens (tertiary/aromatic N) is 3. The van der Waals surface area contributed by atoms with Crippen molar-refractivity contribution >= 4 is 5.91 Å². The van der Waals surface area contributed by atoms with Crippen LogP contribution in [0, 0.1) is 6.92 Å². The van der Waals surface area contributed by atoms with Crippen LogP contribution in [-0.4, -0.2) is 58.7 Å². The molecule has 0 unspecified atom stereocenters. The molecule has 1 spiro atoms. The summed E-state index contributed by atoms with van der Waals surface area (Å²) in [6, 6.07) is 0. The molecule has 3 heterocycles. The molecule has 0 saturated carbocycles. The molecule has 6 heteroatoms. The summed E-state index contributed by atoms with van der Waals surface area (Å²) in [5, 5.41) is 3.00. The van der Waals surface area contributed by atoms with Gasteiger partial charge in [-0.2, -0.15) is 0 Å². The molecule has 2 fully saturated rings. The van der Waals surface area contributed by atoms with Crippen molar-refractivity contribution in [2.45, 2.75) is 44.8 Å². The van der Waals surface area contributed by atoms with E-state index >= 15 is 0 Å². The van der Waals surface area contributed by atoms with Crippen LogP contribution in [-0.2, 0) is 16.1 Å². The fourth-order valence-corrected chi connectivity index (χ4v) is 3.37. The Balaban J connectivity index is 1.42. The molecule has 2 aliphatic heterocycles. The van der Waals surface area contributed by atoms with Gasteiger partial charge in [-0.05, 0) is 32.7 Å². The molecule has 3 rings (SSSR count). The summed E-state index contributed by atoms with van der Waals surface area (Å²) in [6.45, 7) is 7.53. The SMILES string of the molecule is Cc1nccn1CCCN1CCC2(CC1)CNC(=O)CCO2. The molecule has 2 saturated heterocycles. The third-order valence-electron chi connectivity index (χ3n) is 4.91. The highest BCUT2D eigenvalue weighted by molar-refractivity contribution is 5.76. The Hall–Kier alpha value is -1.40. The molecule has 1 N–H and O–H groups in total. The van der Waals surface area contributed by atoms with E-state index in [-0.39, 0.29) is 11.5 Å². The Morgan fingerprint density at radius 2 is 2.18 bits per heavy atom. The number of aromatic nitrogens is 2. The van der Waals surface area contributed by atoms with Crippen LogP contribution in [0.25, 0.3) is 0 Å². The molecule has 2 aliphatic rings. The molecule has 6 nitrogen and oxygen atoms in total. The summed E-state index contributed by atoms with van der Waals surface area (Å²) in [5.74, 6) is 1.20. The molecule has 22 heavy (non-hydrogen) atoms. The van der Waals surface area contributed by atoms with Crippen LogP contribution in [0.3, 0.4) is 0 Å². The molecule has 1 aromatic heterocycles. The Kier molecular flexibility index (Phi) is 4.78. The zero-order valence-electron chi connectivity index (χ0n) is 13.4. The number of likely N-dealkylation sites (tertiary alicyclic amines) is 1. The maximum Gasteiger partial charge on any atom is 0.222 e. The molecule has 0 atom stereocenters. The number of piperidine rings is 1. The lowest BCUT2D eigenvalue weighted by molar-refractivity contribution is -0.120. The van der Waals surface area contributed by atoms with Gasteiger partial charge in [0, 0.05) is 45.0 Å². The van der Waals surface area contributed by atoms with Gasteiger partial charge in [-0.25, -0.2) is 4.98 Å². The van der Waals surface area contributed by atoms with Gasteiger partial charge in [0.05, 0.1) is 12.2 Å². The minimum atomic E-state index is -0.121. The van der Waals surface area contributed by atoms with Gasteiger partial charge in [0.25, 0.3) is 0 Å². The molecule has 0 radical (unpaired) electrons. The van der Waals surface area contributed by atoms with Crippen molar-refractivity contribution in [3.05, 3.63) is 18.2 Å². The number of ether oxygens (including phenoxy) is 1. The highest BCUT2D eigenvalue weighted by atomic mass is 16.5. The number of aryl methyl sites for hydroxylation is 2. The summed E-state index contributed by atoms with van der Waals surface area (Å²) in [5.41, 5.74) is -0.121. The summed E-state index contributed by atoms with van der Waals surface area (Å²) < 4.78 is 8.21. The lowest BCUT2D eigenvalue weighted by atomic mass is 9.91.